The number of aliphatic carboxylic acids is 1. The Morgan fingerprint density at radius 2 is 1.79 bits per heavy atom. The van der Waals surface area contributed by atoms with Crippen LogP contribution in [0.5, 0.6) is 5.75 Å². The number of hydrogen-bond acceptors (Lipinski definition) is 8. The Labute approximate surface area is 244 Å². The number of fused-ring (bicyclic) bond motifs is 3. The van der Waals surface area contributed by atoms with Crippen molar-refractivity contribution in [2.75, 3.05) is 24.5 Å². The van der Waals surface area contributed by atoms with E-state index >= 15 is 0 Å². The average Bonchev–Trinajstić information content (AvgIpc) is 3.40. The number of aromatic amines is 1. The molecule has 1 aromatic carbocycles. The number of hydrogen-bond donors (Lipinski definition) is 3. The van der Waals surface area contributed by atoms with Gasteiger partial charge in [0.15, 0.2) is 5.65 Å². The molecule has 0 amide bonds. The summed E-state index contributed by atoms with van der Waals surface area (Å²) in [5.41, 5.74) is 5.52. The molecule has 3 N–H and O–H groups in total. The molecule has 3 aromatic heterocycles. The lowest BCUT2D eigenvalue weighted by Crippen LogP contribution is -2.43. The van der Waals surface area contributed by atoms with Crippen LogP contribution in [0.3, 0.4) is 0 Å². The van der Waals surface area contributed by atoms with Gasteiger partial charge in [0.2, 0.25) is 5.95 Å². The number of nitrogens with zero attached hydrogens (tertiary/aromatic N) is 6. The van der Waals surface area contributed by atoms with Crippen LogP contribution in [0.25, 0.3) is 22.3 Å². The molecule has 1 saturated carbocycles. The smallest absolute Gasteiger partial charge is 0.306 e. The Morgan fingerprint density at radius 1 is 1.00 bits per heavy atom. The molecule has 0 spiro atoms. The molecule has 0 bridgehead atoms. The number of benzene rings is 1. The van der Waals surface area contributed by atoms with Crippen molar-refractivity contribution in [1.82, 2.24) is 30.0 Å². The molecule has 10 heteroatoms. The van der Waals surface area contributed by atoms with Crippen LogP contribution in [0.1, 0.15) is 74.4 Å². The summed E-state index contributed by atoms with van der Waals surface area (Å²) in [7, 11) is 0. The second-order valence-corrected chi connectivity index (χ2v) is 12.1. The first-order valence-electron chi connectivity index (χ1n) is 15.2. The molecule has 3 aliphatic rings. The predicted molar refractivity (Wildman–Crippen MR) is 159 cm³/mol. The second-order valence-electron chi connectivity index (χ2n) is 12.1. The number of carboxylic acids is 1. The SMILES string of the molecule is C[C@@H]1c2c([nH]c3nnc(-c4ccccc4O)cc23)CCN1c1nccc(C2CCN(C3CCC(C(=O)O)CC3)CC2)n1. The van der Waals surface area contributed by atoms with E-state index in [0.717, 1.165) is 87.3 Å². The highest BCUT2D eigenvalue weighted by Crippen LogP contribution is 2.39. The van der Waals surface area contributed by atoms with Crippen LogP contribution >= 0.6 is 0 Å². The Kier molecular flexibility index (Phi) is 7.01. The lowest BCUT2D eigenvalue weighted by molar-refractivity contribution is -0.143. The van der Waals surface area contributed by atoms with Crippen LogP contribution in [0.4, 0.5) is 5.95 Å². The van der Waals surface area contributed by atoms with Gasteiger partial charge >= 0.3 is 5.97 Å². The van der Waals surface area contributed by atoms with Gasteiger partial charge in [-0.2, -0.15) is 0 Å². The third-order valence-electron chi connectivity index (χ3n) is 9.78. The fourth-order valence-corrected chi connectivity index (χ4v) is 7.39. The van der Waals surface area contributed by atoms with Gasteiger partial charge in [-0.25, -0.2) is 9.97 Å². The molecule has 7 rings (SSSR count). The van der Waals surface area contributed by atoms with Crippen LogP contribution in [0.15, 0.2) is 42.6 Å². The van der Waals surface area contributed by atoms with Gasteiger partial charge < -0.3 is 25.0 Å². The number of piperidine rings is 1. The van der Waals surface area contributed by atoms with Gasteiger partial charge in [0.1, 0.15) is 5.75 Å². The molecular formula is C32H37N7O3. The first-order valence-corrected chi connectivity index (χ1v) is 15.2. The van der Waals surface area contributed by atoms with E-state index < -0.39 is 5.97 Å². The fraction of sp³-hybridized carbons (Fsp3) is 0.469. The van der Waals surface area contributed by atoms with Crippen LogP contribution in [-0.2, 0) is 11.2 Å². The Bertz CT molecular complexity index is 1600. The molecule has 1 saturated heterocycles. The van der Waals surface area contributed by atoms with Crippen molar-refractivity contribution in [3.05, 3.63) is 59.5 Å². The zero-order valence-corrected chi connectivity index (χ0v) is 23.9. The molecule has 0 radical (unpaired) electrons. The highest BCUT2D eigenvalue weighted by molar-refractivity contribution is 5.86. The minimum Gasteiger partial charge on any atom is -0.507 e. The molecule has 5 heterocycles. The molecule has 2 fully saturated rings. The largest absolute Gasteiger partial charge is 0.507 e. The van der Waals surface area contributed by atoms with E-state index in [0.29, 0.717) is 23.2 Å². The Morgan fingerprint density at radius 3 is 2.55 bits per heavy atom. The zero-order valence-electron chi connectivity index (χ0n) is 23.9. The van der Waals surface area contributed by atoms with E-state index in [1.165, 1.54) is 11.3 Å². The number of carbonyl (C=O) groups is 1. The van der Waals surface area contributed by atoms with Crippen molar-refractivity contribution in [1.29, 1.82) is 0 Å². The lowest BCUT2D eigenvalue weighted by atomic mass is 9.84. The first-order chi connectivity index (χ1) is 20.5. The predicted octanol–water partition coefficient (Wildman–Crippen LogP) is 5.07. The number of H-pyrrole nitrogens is 1. The van der Waals surface area contributed by atoms with Crippen molar-refractivity contribution in [3.8, 4) is 17.0 Å². The number of nitrogens with one attached hydrogen (secondary N) is 1. The molecule has 0 unspecified atom stereocenters. The van der Waals surface area contributed by atoms with E-state index in [2.05, 4.69) is 38.0 Å². The number of phenols is 1. The Hall–Kier alpha value is -4.05. The van der Waals surface area contributed by atoms with E-state index in [1.54, 1.807) is 12.1 Å². The molecular weight excluding hydrogens is 530 g/mol. The summed E-state index contributed by atoms with van der Waals surface area (Å²) in [6.45, 7) is 5.07. The quantitative estimate of drug-likeness (QED) is 0.303. The van der Waals surface area contributed by atoms with Crippen molar-refractivity contribution in [2.24, 2.45) is 5.92 Å². The van der Waals surface area contributed by atoms with Crippen molar-refractivity contribution >= 4 is 23.0 Å². The summed E-state index contributed by atoms with van der Waals surface area (Å²) < 4.78 is 0. The second kappa shape index (κ2) is 11.0. The monoisotopic (exact) mass is 567 g/mol. The molecule has 10 nitrogen and oxygen atoms in total. The molecule has 2 aliphatic heterocycles. The number of para-hydroxylation sites is 1. The van der Waals surface area contributed by atoms with Gasteiger partial charge in [0.25, 0.3) is 0 Å². The van der Waals surface area contributed by atoms with Gasteiger partial charge in [-0.1, -0.05) is 12.1 Å². The molecule has 1 aliphatic carbocycles. The summed E-state index contributed by atoms with van der Waals surface area (Å²) in [6, 6.07) is 11.9. The number of aromatic hydroxyl groups is 1. The highest BCUT2D eigenvalue weighted by atomic mass is 16.4. The van der Waals surface area contributed by atoms with Crippen molar-refractivity contribution in [2.45, 2.75) is 69.9 Å². The van der Waals surface area contributed by atoms with Crippen LogP contribution < -0.4 is 4.90 Å². The van der Waals surface area contributed by atoms with Crippen LogP contribution in [0.2, 0.25) is 0 Å². The summed E-state index contributed by atoms with van der Waals surface area (Å²) in [6.07, 6.45) is 8.42. The van der Waals surface area contributed by atoms with Gasteiger partial charge in [0.05, 0.1) is 17.7 Å². The topological polar surface area (TPSA) is 131 Å². The highest BCUT2D eigenvalue weighted by Gasteiger charge is 2.33. The number of likely N-dealkylation sites (tertiary alicyclic amines) is 1. The van der Waals surface area contributed by atoms with Crippen LogP contribution in [-0.4, -0.2) is 71.9 Å². The normalized spacial score (nSPS) is 23.6. The maximum atomic E-state index is 11.3. The Balaban J connectivity index is 1.07. The lowest BCUT2D eigenvalue weighted by Gasteiger charge is -2.40. The summed E-state index contributed by atoms with van der Waals surface area (Å²) >= 11 is 0. The standard InChI is InChI=1S/C32H37N7O3/c1-19-29-24-18-27(23-4-2-3-5-28(23)40)36-37-30(24)34-26(29)13-17-39(19)32-33-14-10-25(35-32)20-11-15-38(16-12-20)22-8-6-21(7-9-22)31(41)42/h2-5,10,14,18-22,40H,6-9,11-13,15-17H2,1H3,(H,34,37)(H,41,42)/t19-,21?,22?/m1/s1. The van der Waals surface area contributed by atoms with Crippen LogP contribution in [0, 0.1) is 5.92 Å². The third kappa shape index (κ3) is 4.87. The van der Waals surface area contributed by atoms with Gasteiger partial charge in [-0.15, -0.1) is 10.2 Å². The van der Waals surface area contributed by atoms with Gasteiger partial charge in [-0.05, 0) is 82.8 Å². The summed E-state index contributed by atoms with van der Waals surface area (Å²) in [5.74, 6) is 0.548. The number of phenolic OH excluding ortho intramolecular Hbond substituents is 1. The first kappa shape index (κ1) is 26.8. The molecule has 1 atom stereocenters. The van der Waals surface area contributed by atoms with E-state index in [9.17, 15) is 15.0 Å². The molecule has 218 valence electrons. The molecule has 42 heavy (non-hydrogen) atoms. The maximum absolute atomic E-state index is 11.3. The minimum absolute atomic E-state index is 0.0435. The maximum Gasteiger partial charge on any atom is 0.306 e. The number of aromatic nitrogens is 5. The number of rotatable bonds is 5. The average molecular weight is 568 g/mol. The van der Waals surface area contributed by atoms with Crippen molar-refractivity contribution < 1.29 is 15.0 Å². The van der Waals surface area contributed by atoms with Gasteiger partial charge in [0, 0.05) is 59.0 Å². The molecule has 4 aromatic rings. The van der Waals surface area contributed by atoms with E-state index in [1.807, 2.05) is 24.4 Å². The minimum atomic E-state index is -0.637. The van der Waals surface area contributed by atoms with E-state index in [4.69, 9.17) is 9.97 Å². The fourth-order valence-electron chi connectivity index (χ4n) is 7.39. The van der Waals surface area contributed by atoms with Gasteiger partial charge in [-0.3, -0.25) is 4.79 Å². The van der Waals surface area contributed by atoms with Crippen molar-refractivity contribution in [3.63, 3.8) is 0 Å². The third-order valence-corrected chi connectivity index (χ3v) is 9.78. The summed E-state index contributed by atoms with van der Waals surface area (Å²) in [5, 5.41) is 29.6. The summed E-state index contributed by atoms with van der Waals surface area (Å²) in [4.78, 5) is 29.5. The van der Waals surface area contributed by atoms with E-state index in [-0.39, 0.29) is 17.7 Å². The number of anilines is 1. The zero-order chi connectivity index (χ0) is 28.8. The number of carboxylic acid groups (broad SMARTS) is 1.